The number of hydrogen-bond donors (Lipinski definition) is 1. The van der Waals surface area contributed by atoms with Crippen LogP contribution in [-0.4, -0.2) is 60.9 Å². The number of anilines is 1. The van der Waals surface area contributed by atoms with Crippen LogP contribution in [0, 0.1) is 0 Å². The lowest BCUT2D eigenvalue weighted by molar-refractivity contribution is -0.130. The van der Waals surface area contributed by atoms with E-state index in [2.05, 4.69) is 5.32 Å². The third-order valence-corrected chi connectivity index (χ3v) is 5.22. The number of hydrogen-bond acceptors (Lipinski definition) is 6. The first-order valence-electron chi connectivity index (χ1n) is 10.2. The highest BCUT2D eigenvalue weighted by molar-refractivity contribution is 6.14. The lowest BCUT2D eigenvalue weighted by atomic mass is 9.94. The SMILES string of the molecule is CC(=O)N1N=C(c2ccc(NC(=O)CN(C)C)cc2)c2cc3c(cc2CC1C)OCO3. The van der Waals surface area contributed by atoms with E-state index in [-0.39, 0.29) is 24.6 Å². The van der Waals surface area contributed by atoms with E-state index in [1.54, 1.807) is 0 Å². The molecule has 8 heteroatoms. The number of nitrogens with zero attached hydrogens (tertiary/aromatic N) is 3. The average molecular weight is 422 g/mol. The molecule has 0 aliphatic carbocycles. The zero-order valence-electron chi connectivity index (χ0n) is 18.1. The van der Waals surface area contributed by atoms with Crippen molar-refractivity contribution in [3.05, 3.63) is 53.1 Å². The molecule has 2 amide bonds. The highest BCUT2D eigenvalue weighted by Crippen LogP contribution is 2.37. The van der Waals surface area contributed by atoms with E-state index in [9.17, 15) is 9.59 Å². The summed E-state index contributed by atoms with van der Waals surface area (Å²) in [7, 11) is 3.69. The Balaban J connectivity index is 1.72. The van der Waals surface area contributed by atoms with Gasteiger partial charge in [0.1, 0.15) is 0 Å². The number of nitrogens with one attached hydrogen (secondary N) is 1. The zero-order chi connectivity index (χ0) is 22.1. The highest BCUT2D eigenvalue weighted by Gasteiger charge is 2.28. The molecule has 4 rings (SSSR count). The van der Waals surface area contributed by atoms with Crippen LogP contribution in [0.25, 0.3) is 0 Å². The number of hydrazone groups is 1. The molecule has 2 heterocycles. The van der Waals surface area contributed by atoms with E-state index < -0.39 is 0 Å². The molecule has 162 valence electrons. The Bertz CT molecular complexity index is 1050. The zero-order valence-corrected chi connectivity index (χ0v) is 18.1. The Morgan fingerprint density at radius 1 is 1.16 bits per heavy atom. The van der Waals surface area contributed by atoms with Crippen molar-refractivity contribution in [3.63, 3.8) is 0 Å². The fourth-order valence-corrected chi connectivity index (χ4v) is 3.83. The maximum Gasteiger partial charge on any atom is 0.239 e. The molecular formula is C23H26N4O4. The van der Waals surface area contributed by atoms with Crippen LogP contribution < -0.4 is 14.8 Å². The minimum absolute atomic E-state index is 0.0841. The van der Waals surface area contributed by atoms with Crippen LogP contribution in [0.4, 0.5) is 5.69 Å². The summed E-state index contributed by atoms with van der Waals surface area (Å²) in [6, 6.07) is 11.3. The topological polar surface area (TPSA) is 83.5 Å². The minimum atomic E-state index is -0.120. The molecule has 2 aliphatic rings. The second-order valence-corrected chi connectivity index (χ2v) is 8.09. The Labute approximate surface area is 181 Å². The van der Waals surface area contributed by atoms with Crippen molar-refractivity contribution in [2.45, 2.75) is 26.3 Å². The Morgan fingerprint density at radius 3 is 2.48 bits per heavy atom. The van der Waals surface area contributed by atoms with Crippen LogP contribution in [0.2, 0.25) is 0 Å². The van der Waals surface area contributed by atoms with E-state index in [0.29, 0.717) is 35.9 Å². The van der Waals surface area contributed by atoms with E-state index in [1.165, 1.54) is 11.9 Å². The standard InChI is InChI=1S/C23H26N4O4/c1-14-9-17-10-20-21(31-13-30-20)11-19(17)23(25-27(14)15(2)28)16-5-7-18(8-6-16)24-22(29)12-26(3)4/h5-8,10-11,14H,9,12-13H2,1-4H3,(H,24,29). The van der Waals surface area contributed by atoms with Gasteiger partial charge in [0.25, 0.3) is 0 Å². The van der Waals surface area contributed by atoms with Gasteiger partial charge in [-0.3, -0.25) is 9.59 Å². The van der Waals surface area contributed by atoms with Gasteiger partial charge in [-0.15, -0.1) is 0 Å². The molecule has 0 aromatic heterocycles. The fraction of sp³-hybridized carbons (Fsp3) is 0.348. The van der Waals surface area contributed by atoms with Gasteiger partial charge in [-0.25, -0.2) is 5.01 Å². The Kier molecular flexibility index (Phi) is 5.65. The molecule has 1 atom stereocenters. The van der Waals surface area contributed by atoms with Crippen molar-refractivity contribution in [3.8, 4) is 11.5 Å². The number of carbonyl (C=O) groups is 2. The van der Waals surface area contributed by atoms with Gasteiger partial charge in [0.2, 0.25) is 18.6 Å². The molecule has 0 bridgehead atoms. The van der Waals surface area contributed by atoms with E-state index in [4.69, 9.17) is 14.6 Å². The van der Waals surface area contributed by atoms with Gasteiger partial charge < -0.3 is 19.7 Å². The van der Waals surface area contributed by atoms with Crippen molar-refractivity contribution < 1.29 is 19.1 Å². The molecule has 2 aromatic carbocycles. The molecule has 31 heavy (non-hydrogen) atoms. The van der Waals surface area contributed by atoms with Crippen LogP contribution in [0.3, 0.4) is 0 Å². The number of benzene rings is 2. The molecule has 0 saturated carbocycles. The van der Waals surface area contributed by atoms with Crippen molar-refractivity contribution in [1.29, 1.82) is 0 Å². The third-order valence-electron chi connectivity index (χ3n) is 5.22. The lowest BCUT2D eigenvalue weighted by Gasteiger charge is -2.21. The monoisotopic (exact) mass is 422 g/mol. The van der Waals surface area contributed by atoms with Crippen LogP contribution in [0.5, 0.6) is 11.5 Å². The smallest absolute Gasteiger partial charge is 0.239 e. The van der Waals surface area contributed by atoms with Crippen molar-refractivity contribution in [1.82, 2.24) is 9.91 Å². The number of rotatable bonds is 4. The summed E-state index contributed by atoms with van der Waals surface area (Å²) in [5, 5.41) is 9.14. The maximum atomic E-state index is 12.3. The molecule has 0 spiro atoms. The number of ether oxygens (including phenoxy) is 2. The van der Waals surface area contributed by atoms with Gasteiger partial charge >= 0.3 is 0 Å². The summed E-state index contributed by atoms with van der Waals surface area (Å²) in [6.07, 6.45) is 0.650. The predicted octanol–water partition coefficient (Wildman–Crippen LogP) is 2.46. The normalized spacial score (nSPS) is 17.1. The summed E-state index contributed by atoms with van der Waals surface area (Å²) in [5.41, 5.74) is 4.17. The first kappa shape index (κ1) is 20.9. The van der Waals surface area contributed by atoms with E-state index >= 15 is 0 Å². The highest BCUT2D eigenvalue weighted by atomic mass is 16.7. The number of carbonyl (C=O) groups excluding carboxylic acids is 2. The van der Waals surface area contributed by atoms with E-state index in [0.717, 1.165) is 16.7 Å². The second-order valence-electron chi connectivity index (χ2n) is 8.09. The summed E-state index contributed by atoms with van der Waals surface area (Å²) in [5.74, 6) is 1.17. The van der Waals surface area contributed by atoms with E-state index in [1.807, 2.05) is 62.3 Å². The number of amides is 2. The summed E-state index contributed by atoms with van der Waals surface area (Å²) in [4.78, 5) is 26.1. The van der Waals surface area contributed by atoms with Gasteiger partial charge in [-0.05, 0) is 57.3 Å². The maximum absolute atomic E-state index is 12.3. The van der Waals surface area contributed by atoms with Gasteiger partial charge in [-0.2, -0.15) is 5.10 Å². The van der Waals surface area contributed by atoms with Crippen LogP contribution in [-0.2, 0) is 16.0 Å². The molecular weight excluding hydrogens is 396 g/mol. The van der Waals surface area contributed by atoms with Crippen LogP contribution >= 0.6 is 0 Å². The Hall–Kier alpha value is -3.39. The quantitative estimate of drug-likeness (QED) is 0.818. The van der Waals surface area contributed by atoms with Crippen molar-refractivity contribution >= 4 is 23.2 Å². The molecule has 2 aromatic rings. The number of fused-ring (bicyclic) bond motifs is 2. The summed E-state index contributed by atoms with van der Waals surface area (Å²) >= 11 is 0. The largest absolute Gasteiger partial charge is 0.454 e. The molecule has 1 unspecified atom stereocenters. The van der Waals surface area contributed by atoms with Crippen molar-refractivity contribution in [2.24, 2.45) is 5.10 Å². The molecule has 0 saturated heterocycles. The first-order valence-corrected chi connectivity index (χ1v) is 10.2. The second kappa shape index (κ2) is 8.39. The van der Waals surface area contributed by atoms with Gasteiger partial charge in [0.05, 0.1) is 18.3 Å². The predicted molar refractivity (Wildman–Crippen MR) is 118 cm³/mol. The van der Waals surface area contributed by atoms with Gasteiger partial charge in [0, 0.05) is 23.7 Å². The molecule has 0 radical (unpaired) electrons. The molecule has 8 nitrogen and oxygen atoms in total. The van der Waals surface area contributed by atoms with Gasteiger partial charge in [-0.1, -0.05) is 12.1 Å². The molecule has 0 fully saturated rings. The average Bonchev–Trinajstić information content (AvgIpc) is 3.09. The van der Waals surface area contributed by atoms with Crippen LogP contribution in [0.15, 0.2) is 41.5 Å². The number of likely N-dealkylation sites (N-methyl/N-ethyl adjacent to an activating group) is 1. The molecule has 1 N–H and O–H groups in total. The lowest BCUT2D eigenvalue weighted by Crippen LogP contribution is -2.33. The van der Waals surface area contributed by atoms with Gasteiger partial charge in [0.15, 0.2) is 11.5 Å². The third kappa shape index (κ3) is 4.39. The summed E-state index contributed by atoms with van der Waals surface area (Å²) < 4.78 is 11.1. The Morgan fingerprint density at radius 2 is 1.84 bits per heavy atom. The fourth-order valence-electron chi connectivity index (χ4n) is 3.83. The molecule has 2 aliphatic heterocycles. The van der Waals surface area contributed by atoms with Crippen LogP contribution in [0.1, 0.15) is 30.5 Å². The first-order chi connectivity index (χ1) is 14.8. The minimum Gasteiger partial charge on any atom is -0.454 e. The summed E-state index contributed by atoms with van der Waals surface area (Å²) in [6.45, 7) is 4.00. The van der Waals surface area contributed by atoms with Crippen molar-refractivity contribution in [2.75, 3.05) is 32.7 Å².